The number of aromatic carboxylic acids is 1. The van der Waals surface area contributed by atoms with E-state index in [0.29, 0.717) is 0 Å². The van der Waals surface area contributed by atoms with Gasteiger partial charge in [0.05, 0.1) is 0 Å². The number of aromatic hydroxyl groups is 1. The average molecular weight is 322 g/mol. The molecule has 0 saturated carbocycles. The molecule has 0 bridgehead atoms. The maximum absolute atomic E-state index is 11.7. The highest BCUT2D eigenvalue weighted by Crippen LogP contribution is 2.24. The van der Waals surface area contributed by atoms with E-state index in [-0.39, 0.29) is 12.2 Å². The zero-order valence-electron chi connectivity index (χ0n) is 12.6. The first-order valence-corrected chi connectivity index (χ1v) is 7.25. The van der Waals surface area contributed by atoms with Crippen molar-refractivity contribution in [3.63, 3.8) is 0 Å². The lowest BCUT2D eigenvalue weighted by Gasteiger charge is -2.10. The second-order valence-corrected chi connectivity index (χ2v) is 5.21. The number of H-pyrrole nitrogens is 1. The fraction of sp³-hybridized carbons (Fsp3) is 0.0556. The Bertz CT molecular complexity index is 949. The van der Waals surface area contributed by atoms with Crippen molar-refractivity contribution in [3.8, 4) is 16.9 Å². The second kappa shape index (κ2) is 6.37. The number of benzene rings is 2. The number of aromatic amines is 1. The Kier molecular flexibility index (Phi) is 4.11. The van der Waals surface area contributed by atoms with E-state index in [1.54, 1.807) is 0 Å². The molecule has 0 spiro atoms. The molecule has 3 N–H and O–H groups in total. The van der Waals surface area contributed by atoms with E-state index in [0.717, 1.165) is 16.7 Å². The highest BCUT2D eigenvalue weighted by molar-refractivity contribution is 5.88. The van der Waals surface area contributed by atoms with Gasteiger partial charge >= 0.3 is 5.97 Å². The van der Waals surface area contributed by atoms with Gasteiger partial charge in [-0.1, -0.05) is 54.6 Å². The van der Waals surface area contributed by atoms with Crippen molar-refractivity contribution in [2.75, 3.05) is 0 Å². The number of carboxylic acid groups (broad SMARTS) is 1. The second-order valence-electron chi connectivity index (χ2n) is 5.21. The smallest absolute Gasteiger partial charge is 0.358 e. The Morgan fingerprint density at radius 3 is 2.42 bits per heavy atom. The van der Waals surface area contributed by atoms with Crippen LogP contribution < -0.4 is 5.56 Å². The summed E-state index contributed by atoms with van der Waals surface area (Å²) in [5, 5.41) is 18.5. The zero-order chi connectivity index (χ0) is 17.1. The van der Waals surface area contributed by atoms with Crippen molar-refractivity contribution in [2.45, 2.75) is 6.42 Å². The first kappa shape index (κ1) is 15.5. The molecular formula is C18H14N2O4. The maximum Gasteiger partial charge on any atom is 0.358 e. The average Bonchev–Trinajstić information content (AvgIpc) is 2.59. The van der Waals surface area contributed by atoms with Crippen LogP contribution in [0.3, 0.4) is 0 Å². The maximum atomic E-state index is 11.7. The molecule has 0 aliphatic carbocycles. The molecule has 0 atom stereocenters. The van der Waals surface area contributed by atoms with Gasteiger partial charge in [0.1, 0.15) is 5.82 Å². The van der Waals surface area contributed by atoms with E-state index in [9.17, 15) is 14.7 Å². The lowest BCUT2D eigenvalue weighted by Crippen LogP contribution is -2.17. The summed E-state index contributed by atoms with van der Waals surface area (Å²) in [6.45, 7) is 0. The molecule has 0 unspecified atom stereocenters. The van der Waals surface area contributed by atoms with Crippen molar-refractivity contribution in [3.05, 3.63) is 82.0 Å². The summed E-state index contributed by atoms with van der Waals surface area (Å²) < 4.78 is 0. The topological polar surface area (TPSA) is 103 Å². The van der Waals surface area contributed by atoms with Gasteiger partial charge in [0.2, 0.25) is 5.75 Å². The van der Waals surface area contributed by atoms with Gasteiger partial charge < -0.3 is 15.2 Å². The molecule has 3 aromatic rings. The fourth-order valence-electron chi connectivity index (χ4n) is 2.50. The molecule has 6 nitrogen and oxygen atoms in total. The number of carboxylic acids is 1. The van der Waals surface area contributed by atoms with Crippen LogP contribution in [0.1, 0.15) is 21.9 Å². The van der Waals surface area contributed by atoms with Gasteiger partial charge in [-0.15, -0.1) is 0 Å². The number of nitrogens with one attached hydrogen (secondary N) is 1. The number of aromatic nitrogens is 2. The van der Waals surface area contributed by atoms with Crippen LogP contribution in [0.4, 0.5) is 0 Å². The number of hydrogen-bond acceptors (Lipinski definition) is 4. The molecule has 0 aliphatic rings. The summed E-state index contributed by atoms with van der Waals surface area (Å²) in [5.41, 5.74) is 1.34. The molecule has 0 radical (unpaired) electrons. The molecule has 0 fully saturated rings. The van der Waals surface area contributed by atoms with Gasteiger partial charge in [0.15, 0.2) is 5.69 Å². The van der Waals surface area contributed by atoms with E-state index in [4.69, 9.17) is 5.11 Å². The fourth-order valence-corrected chi connectivity index (χ4v) is 2.50. The predicted octanol–water partition coefficient (Wildman–Crippen LogP) is 2.43. The van der Waals surface area contributed by atoms with Crippen molar-refractivity contribution in [2.24, 2.45) is 0 Å². The molecule has 0 saturated heterocycles. The van der Waals surface area contributed by atoms with Gasteiger partial charge in [-0.25, -0.2) is 9.78 Å². The van der Waals surface area contributed by atoms with E-state index in [1.165, 1.54) is 0 Å². The molecule has 3 rings (SSSR count). The SMILES string of the molecule is O=C(O)c1nc(Cc2ccccc2-c2ccccc2)[nH]c(=O)c1O. The third kappa shape index (κ3) is 3.03. The minimum absolute atomic E-state index is 0.179. The molecule has 1 aromatic heterocycles. The highest BCUT2D eigenvalue weighted by atomic mass is 16.4. The number of carbonyl (C=O) groups is 1. The Hall–Kier alpha value is -3.41. The van der Waals surface area contributed by atoms with E-state index >= 15 is 0 Å². The standard InChI is InChI=1S/C18H14N2O4/c21-16-15(18(23)24)19-14(20-17(16)22)10-12-8-4-5-9-13(12)11-6-2-1-3-7-11/h1-9,21H,10H2,(H,23,24)(H,19,20,22). The Labute approximate surface area is 137 Å². The van der Waals surface area contributed by atoms with Crippen LogP contribution in [-0.2, 0) is 6.42 Å². The van der Waals surface area contributed by atoms with Crippen LogP contribution in [-0.4, -0.2) is 26.2 Å². The summed E-state index contributed by atoms with van der Waals surface area (Å²) in [6, 6.07) is 17.3. The first-order valence-electron chi connectivity index (χ1n) is 7.25. The van der Waals surface area contributed by atoms with Crippen LogP contribution in [0.2, 0.25) is 0 Å². The Morgan fingerprint density at radius 2 is 1.71 bits per heavy atom. The summed E-state index contributed by atoms with van der Waals surface area (Å²) in [7, 11) is 0. The Balaban J connectivity index is 2.05. The van der Waals surface area contributed by atoms with Crippen LogP contribution in [0.25, 0.3) is 11.1 Å². The highest BCUT2D eigenvalue weighted by Gasteiger charge is 2.17. The lowest BCUT2D eigenvalue weighted by molar-refractivity contribution is 0.0686. The van der Waals surface area contributed by atoms with Crippen molar-refractivity contribution in [1.29, 1.82) is 0 Å². The van der Waals surface area contributed by atoms with E-state index in [2.05, 4.69) is 9.97 Å². The number of rotatable bonds is 4. The molecule has 6 heteroatoms. The van der Waals surface area contributed by atoms with Crippen LogP contribution in [0.15, 0.2) is 59.4 Å². The summed E-state index contributed by atoms with van der Waals surface area (Å²) in [6.07, 6.45) is 0.237. The normalized spacial score (nSPS) is 10.5. The minimum atomic E-state index is -1.45. The molecule has 0 aliphatic heterocycles. The minimum Gasteiger partial charge on any atom is -0.501 e. The van der Waals surface area contributed by atoms with Gasteiger partial charge in [-0.05, 0) is 16.7 Å². The molecule has 1 heterocycles. The summed E-state index contributed by atoms with van der Waals surface area (Å²) in [4.78, 5) is 29.1. The molecular weight excluding hydrogens is 308 g/mol. The Morgan fingerprint density at radius 1 is 1.04 bits per heavy atom. The molecule has 0 amide bonds. The predicted molar refractivity (Wildman–Crippen MR) is 88.2 cm³/mol. The van der Waals surface area contributed by atoms with Crippen LogP contribution in [0.5, 0.6) is 5.75 Å². The van der Waals surface area contributed by atoms with Gasteiger partial charge in [0.25, 0.3) is 5.56 Å². The van der Waals surface area contributed by atoms with Crippen molar-refractivity contribution >= 4 is 5.97 Å². The third-order valence-corrected chi connectivity index (χ3v) is 3.61. The van der Waals surface area contributed by atoms with Crippen molar-refractivity contribution < 1.29 is 15.0 Å². The van der Waals surface area contributed by atoms with Crippen LogP contribution in [0, 0.1) is 0 Å². The molecule has 24 heavy (non-hydrogen) atoms. The lowest BCUT2D eigenvalue weighted by atomic mass is 9.97. The van der Waals surface area contributed by atoms with Crippen molar-refractivity contribution in [1.82, 2.24) is 9.97 Å². The molecule has 120 valence electrons. The van der Waals surface area contributed by atoms with E-state index < -0.39 is 23.0 Å². The quantitative estimate of drug-likeness (QED) is 0.684. The third-order valence-electron chi connectivity index (χ3n) is 3.61. The monoisotopic (exact) mass is 322 g/mol. The van der Waals surface area contributed by atoms with Gasteiger partial charge in [0, 0.05) is 6.42 Å². The van der Waals surface area contributed by atoms with Gasteiger partial charge in [-0.2, -0.15) is 0 Å². The molecule has 2 aromatic carbocycles. The first-order chi connectivity index (χ1) is 11.6. The zero-order valence-corrected chi connectivity index (χ0v) is 12.6. The number of nitrogens with zero attached hydrogens (tertiary/aromatic N) is 1. The van der Waals surface area contributed by atoms with E-state index in [1.807, 2.05) is 54.6 Å². The summed E-state index contributed by atoms with van der Waals surface area (Å²) >= 11 is 0. The van der Waals surface area contributed by atoms with Gasteiger partial charge in [-0.3, -0.25) is 4.79 Å². The van der Waals surface area contributed by atoms with Crippen LogP contribution >= 0.6 is 0 Å². The number of hydrogen-bond donors (Lipinski definition) is 3. The largest absolute Gasteiger partial charge is 0.501 e. The summed E-state index contributed by atoms with van der Waals surface area (Å²) in [5.74, 6) is -2.16.